The van der Waals surface area contributed by atoms with Gasteiger partial charge in [-0.1, -0.05) is 13.8 Å². The standard InChI is InChI=1S/C17H30N4O/c1-5-11-21(12-6-2)17(22)15-8-9-16(19-14-15)18-10-7-13-20(3)4/h8-9,14H,5-7,10-13H2,1-4H3,(H,18,19). The number of carbonyl (C=O) groups excluding carboxylic acids is 1. The van der Waals surface area contributed by atoms with Gasteiger partial charge >= 0.3 is 0 Å². The van der Waals surface area contributed by atoms with E-state index in [2.05, 4.69) is 43.1 Å². The number of rotatable bonds is 10. The fourth-order valence-corrected chi connectivity index (χ4v) is 2.27. The van der Waals surface area contributed by atoms with Crippen LogP contribution in [0.3, 0.4) is 0 Å². The van der Waals surface area contributed by atoms with Gasteiger partial charge in [0.1, 0.15) is 5.82 Å². The Hall–Kier alpha value is -1.62. The molecule has 0 unspecified atom stereocenters. The van der Waals surface area contributed by atoms with Crippen LogP contribution in [0.4, 0.5) is 5.82 Å². The van der Waals surface area contributed by atoms with Gasteiger partial charge in [0.25, 0.3) is 5.91 Å². The molecule has 124 valence electrons. The second-order valence-electron chi connectivity index (χ2n) is 5.81. The topological polar surface area (TPSA) is 48.5 Å². The van der Waals surface area contributed by atoms with Crippen LogP contribution in [0, 0.1) is 0 Å². The van der Waals surface area contributed by atoms with Crippen LogP contribution in [0.15, 0.2) is 18.3 Å². The summed E-state index contributed by atoms with van der Waals surface area (Å²) in [5.41, 5.74) is 0.667. The minimum absolute atomic E-state index is 0.0790. The number of anilines is 1. The van der Waals surface area contributed by atoms with Crippen molar-refractivity contribution in [1.29, 1.82) is 0 Å². The van der Waals surface area contributed by atoms with E-state index in [0.29, 0.717) is 5.56 Å². The Balaban J connectivity index is 2.53. The molecule has 0 radical (unpaired) electrons. The zero-order valence-corrected chi connectivity index (χ0v) is 14.4. The number of nitrogens with zero attached hydrogens (tertiary/aromatic N) is 3. The van der Waals surface area contributed by atoms with Crippen LogP contribution in [0.1, 0.15) is 43.5 Å². The molecule has 5 nitrogen and oxygen atoms in total. The fraction of sp³-hybridized carbons (Fsp3) is 0.647. The molecule has 0 atom stereocenters. The van der Waals surface area contributed by atoms with E-state index in [0.717, 1.165) is 51.3 Å². The van der Waals surface area contributed by atoms with E-state index in [9.17, 15) is 4.79 Å². The highest BCUT2D eigenvalue weighted by atomic mass is 16.2. The Bertz CT molecular complexity index is 425. The van der Waals surface area contributed by atoms with Crippen LogP contribution in [0.2, 0.25) is 0 Å². The maximum atomic E-state index is 12.4. The maximum absolute atomic E-state index is 12.4. The molecule has 22 heavy (non-hydrogen) atoms. The molecule has 1 rings (SSSR count). The summed E-state index contributed by atoms with van der Waals surface area (Å²) < 4.78 is 0. The third-order valence-electron chi connectivity index (χ3n) is 3.37. The van der Waals surface area contributed by atoms with Gasteiger partial charge < -0.3 is 15.1 Å². The number of hydrogen-bond acceptors (Lipinski definition) is 4. The van der Waals surface area contributed by atoms with E-state index in [1.165, 1.54) is 0 Å². The maximum Gasteiger partial charge on any atom is 0.255 e. The van der Waals surface area contributed by atoms with Gasteiger partial charge in [-0.25, -0.2) is 4.98 Å². The normalized spacial score (nSPS) is 10.8. The molecule has 0 aliphatic heterocycles. The summed E-state index contributed by atoms with van der Waals surface area (Å²) in [5.74, 6) is 0.906. The fourth-order valence-electron chi connectivity index (χ4n) is 2.27. The highest BCUT2D eigenvalue weighted by Crippen LogP contribution is 2.09. The molecule has 0 aromatic carbocycles. The number of amides is 1. The van der Waals surface area contributed by atoms with Crippen LogP contribution >= 0.6 is 0 Å². The lowest BCUT2D eigenvalue weighted by molar-refractivity contribution is 0.0755. The Morgan fingerprint density at radius 2 is 1.82 bits per heavy atom. The predicted molar refractivity (Wildman–Crippen MR) is 92.4 cm³/mol. The molecule has 1 amide bonds. The van der Waals surface area contributed by atoms with Gasteiger partial charge in [0, 0.05) is 25.8 Å². The van der Waals surface area contributed by atoms with E-state index in [1.807, 2.05) is 17.0 Å². The van der Waals surface area contributed by atoms with Crippen molar-refractivity contribution in [2.24, 2.45) is 0 Å². The lowest BCUT2D eigenvalue weighted by Crippen LogP contribution is -2.32. The van der Waals surface area contributed by atoms with E-state index in [-0.39, 0.29) is 5.91 Å². The van der Waals surface area contributed by atoms with Gasteiger partial charge in [-0.3, -0.25) is 4.79 Å². The first-order chi connectivity index (χ1) is 10.6. The Morgan fingerprint density at radius 1 is 1.14 bits per heavy atom. The van der Waals surface area contributed by atoms with Crippen LogP contribution in [-0.4, -0.2) is 61.0 Å². The molecule has 0 saturated heterocycles. The third-order valence-corrected chi connectivity index (χ3v) is 3.37. The van der Waals surface area contributed by atoms with Gasteiger partial charge in [0.2, 0.25) is 0 Å². The predicted octanol–water partition coefficient (Wildman–Crippen LogP) is 2.71. The zero-order chi connectivity index (χ0) is 16.4. The van der Waals surface area contributed by atoms with Crippen molar-refractivity contribution < 1.29 is 4.79 Å². The van der Waals surface area contributed by atoms with E-state index >= 15 is 0 Å². The average Bonchev–Trinajstić information content (AvgIpc) is 2.51. The lowest BCUT2D eigenvalue weighted by atomic mass is 10.2. The van der Waals surface area contributed by atoms with Crippen molar-refractivity contribution in [2.75, 3.05) is 45.6 Å². The summed E-state index contributed by atoms with van der Waals surface area (Å²) in [7, 11) is 4.13. The molecule has 5 heteroatoms. The molecule has 0 spiro atoms. The van der Waals surface area contributed by atoms with Crippen LogP contribution in [0.5, 0.6) is 0 Å². The van der Waals surface area contributed by atoms with Crippen molar-refractivity contribution in [3.05, 3.63) is 23.9 Å². The summed E-state index contributed by atoms with van der Waals surface area (Å²) in [5, 5.41) is 3.28. The number of nitrogens with one attached hydrogen (secondary N) is 1. The Morgan fingerprint density at radius 3 is 2.32 bits per heavy atom. The molecule has 0 aliphatic carbocycles. The second-order valence-corrected chi connectivity index (χ2v) is 5.81. The lowest BCUT2D eigenvalue weighted by Gasteiger charge is -2.21. The minimum Gasteiger partial charge on any atom is -0.370 e. The first-order valence-electron chi connectivity index (χ1n) is 8.22. The van der Waals surface area contributed by atoms with Crippen molar-refractivity contribution >= 4 is 11.7 Å². The molecule has 0 bridgehead atoms. The number of hydrogen-bond donors (Lipinski definition) is 1. The highest BCUT2D eigenvalue weighted by Gasteiger charge is 2.14. The molecular weight excluding hydrogens is 276 g/mol. The van der Waals surface area contributed by atoms with Crippen molar-refractivity contribution in [3.63, 3.8) is 0 Å². The van der Waals surface area contributed by atoms with Gasteiger partial charge in [0.05, 0.1) is 5.56 Å². The summed E-state index contributed by atoms with van der Waals surface area (Å²) in [6, 6.07) is 3.75. The molecule has 1 heterocycles. The minimum atomic E-state index is 0.0790. The van der Waals surface area contributed by atoms with Crippen molar-refractivity contribution in [3.8, 4) is 0 Å². The quantitative estimate of drug-likeness (QED) is 0.675. The van der Waals surface area contributed by atoms with Crippen LogP contribution in [-0.2, 0) is 0 Å². The molecule has 1 aromatic heterocycles. The first kappa shape index (κ1) is 18.4. The van der Waals surface area contributed by atoms with Crippen molar-refractivity contribution in [2.45, 2.75) is 33.1 Å². The second kappa shape index (κ2) is 10.2. The van der Waals surface area contributed by atoms with E-state index in [4.69, 9.17) is 0 Å². The summed E-state index contributed by atoms with van der Waals surface area (Å²) in [4.78, 5) is 20.8. The van der Waals surface area contributed by atoms with Gasteiger partial charge in [-0.2, -0.15) is 0 Å². The van der Waals surface area contributed by atoms with Gasteiger partial charge in [0.15, 0.2) is 0 Å². The summed E-state index contributed by atoms with van der Waals surface area (Å²) in [6.07, 6.45) is 4.69. The molecule has 0 aliphatic rings. The van der Waals surface area contributed by atoms with E-state index in [1.54, 1.807) is 6.20 Å². The zero-order valence-electron chi connectivity index (χ0n) is 14.4. The number of pyridine rings is 1. The van der Waals surface area contributed by atoms with Crippen LogP contribution < -0.4 is 5.32 Å². The molecule has 1 aromatic rings. The molecular formula is C17H30N4O. The largest absolute Gasteiger partial charge is 0.370 e. The number of carbonyl (C=O) groups is 1. The van der Waals surface area contributed by atoms with Gasteiger partial charge in [-0.05, 0) is 52.0 Å². The van der Waals surface area contributed by atoms with Crippen LogP contribution in [0.25, 0.3) is 0 Å². The summed E-state index contributed by atoms with van der Waals surface area (Å²) >= 11 is 0. The first-order valence-corrected chi connectivity index (χ1v) is 8.22. The SMILES string of the molecule is CCCN(CCC)C(=O)c1ccc(NCCCN(C)C)nc1. The van der Waals surface area contributed by atoms with Gasteiger partial charge in [-0.15, -0.1) is 0 Å². The Kier molecular flexibility index (Phi) is 8.51. The molecule has 0 fully saturated rings. The molecule has 1 N–H and O–H groups in total. The average molecular weight is 306 g/mol. The van der Waals surface area contributed by atoms with E-state index < -0.39 is 0 Å². The third kappa shape index (κ3) is 6.43. The summed E-state index contributed by atoms with van der Waals surface area (Å²) in [6.45, 7) is 7.72. The smallest absolute Gasteiger partial charge is 0.255 e. The number of aromatic nitrogens is 1. The monoisotopic (exact) mass is 306 g/mol. The highest BCUT2D eigenvalue weighted by molar-refractivity contribution is 5.94. The molecule has 0 saturated carbocycles. The van der Waals surface area contributed by atoms with Crippen molar-refractivity contribution in [1.82, 2.24) is 14.8 Å². The Labute approximate surface area is 134 Å².